The third-order valence-electron chi connectivity index (χ3n) is 5.20. The van der Waals surface area contributed by atoms with Crippen molar-refractivity contribution in [3.8, 4) is 0 Å². The molecule has 1 N–H and O–H groups in total. The number of ether oxygens (including phenoxy) is 2. The van der Waals surface area contributed by atoms with Gasteiger partial charge in [0, 0.05) is 19.1 Å². The van der Waals surface area contributed by atoms with Gasteiger partial charge in [0.2, 0.25) is 0 Å². The second kappa shape index (κ2) is 8.30. The molecule has 0 spiro atoms. The van der Waals surface area contributed by atoms with E-state index in [-0.39, 0.29) is 24.6 Å². The molecule has 2 atom stereocenters. The van der Waals surface area contributed by atoms with Crippen molar-refractivity contribution in [2.45, 2.75) is 51.9 Å². The van der Waals surface area contributed by atoms with Gasteiger partial charge in [-0.3, -0.25) is 4.79 Å². The lowest BCUT2D eigenvalue weighted by molar-refractivity contribution is -0.153. The Morgan fingerprint density at radius 3 is 2.33 bits per heavy atom. The van der Waals surface area contributed by atoms with Crippen LogP contribution in [0.2, 0.25) is 0 Å². The summed E-state index contributed by atoms with van der Waals surface area (Å²) in [5, 5.41) is 3.37. The Kier molecular flexibility index (Phi) is 6.05. The summed E-state index contributed by atoms with van der Waals surface area (Å²) in [5.74, 6) is 0.484. The van der Waals surface area contributed by atoms with Crippen molar-refractivity contribution in [1.82, 2.24) is 10.2 Å². The van der Waals surface area contributed by atoms with Gasteiger partial charge in [0.05, 0.1) is 6.54 Å². The van der Waals surface area contributed by atoms with Gasteiger partial charge in [0.25, 0.3) is 0 Å². The summed E-state index contributed by atoms with van der Waals surface area (Å²) in [5.41, 5.74) is 0.520. The van der Waals surface area contributed by atoms with Crippen molar-refractivity contribution >= 4 is 12.1 Å². The molecule has 1 amide bonds. The fourth-order valence-electron chi connectivity index (χ4n) is 4.09. The fourth-order valence-corrected chi connectivity index (χ4v) is 4.09. The number of hydrogen-bond donors (Lipinski definition) is 1. The molecule has 0 radical (unpaired) electrons. The van der Waals surface area contributed by atoms with Crippen molar-refractivity contribution in [3.05, 3.63) is 35.9 Å². The predicted octanol–water partition coefficient (Wildman–Crippen LogP) is 2.96. The molecule has 2 aliphatic rings. The number of rotatable bonds is 5. The van der Waals surface area contributed by atoms with E-state index in [0.717, 1.165) is 18.4 Å². The molecule has 148 valence electrons. The molecule has 0 aromatic heterocycles. The summed E-state index contributed by atoms with van der Waals surface area (Å²) < 4.78 is 10.8. The minimum atomic E-state index is -0.469. The van der Waals surface area contributed by atoms with E-state index in [1.54, 1.807) is 0 Å². The number of benzene rings is 1. The standard InChI is InChI=1S/C21H30N2O4/c1-21(2,3)27-18(24)11-22-19-16-9-10-17(19)13-23(12-16)20(25)26-14-15-7-5-4-6-8-15/h4-8,16-17,19,22H,9-14H2,1-3H3. The fraction of sp³-hybridized carbons (Fsp3) is 0.619. The van der Waals surface area contributed by atoms with Crippen molar-refractivity contribution in [2.24, 2.45) is 11.8 Å². The van der Waals surface area contributed by atoms with Gasteiger partial charge in [0.15, 0.2) is 0 Å². The van der Waals surface area contributed by atoms with Crippen LogP contribution in [0.4, 0.5) is 4.79 Å². The molecular formula is C21H30N2O4. The lowest BCUT2D eigenvalue weighted by atomic mass is 9.92. The third kappa shape index (κ3) is 5.45. The Hall–Kier alpha value is -2.08. The summed E-state index contributed by atoms with van der Waals surface area (Å²) in [7, 11) is 0. The van der Waals surface area contributed by atoms with Crippen LogP contribution < -0.4 is 5.32 Å². The molecule has 1 aliphatic heterocycles. The highest BCUT2D eigenvalue weighted by atomic mass is 16.6. The van der Waals surface area contributed by atoms with E-state index in [0.29, 0.717) is 31.5 Å². The number of nitrogens with zero attached hydrogens (tertiary/aromatic N) is 1. The Labute approximate surface area is 161 Å². The van der Waals surface area contributed by atoms with Gasteiger partial charge in [0.1, 0.15) is 12.2 Å². The molecular weight excluding hydrogens is 344 g/mol. The van der Waals surface area contributed by atoms with Gasteiger partial charge in [-0.15, -0.1) is 0 Å². The number of esters is 1. The van der Waals surface area contributed by atoms with Gasteiger partial charge in [-0.05, 0) is 51.0 Å². The molecule has 1 heterocycles. The first-order valence-electron chi connectivity index (χ1n) is 9.73. The lowest BCUT2D eigenvalue weighted by Gasteiger charge is -2.37. The zero-order valence-corrected chi connectivity index (χ0v) is 16.4. The largest absolute Gasteiger partial charge is 0.459 e. The minimum absolute atomic E-state index is 0.216. The number of amides is 1. The average Bonchev–Trinajstić information content (AvgIpc) is 2.84. The monoisotopic (exact) mass is 374 g/mol. The van der Waals surface area contributed by atoms with Crippen LogP contribution >= 0.6 is 0 Å². The highest BCUT2D eigenvalue weighted by molar-refractivity contribution is 5.72. The zero-order chi connectivity index (χ0) is 19.4. The Bertz CT molecular complexity index is 642. The highest BCUT2D eigenvalue weighted by Crippen LogP contribution is 2.37. The first-order chi connectivity index (χ1) is 12.8. The van der Waals surface area contributed by atoms with Crippen molar-refractivity contribution in [1.29, 1.82) is 0 Å². The maximum atomic E-state index is 12.4. The second-order valence-electron chi connectivity index (χ2n) is 8.54. The number of carbonyl (C=O) groups excluding carboxylic acids is 2. The highest BCUT2D eigenvalue weighted by Gasteiger charge is 2.43. The van der Waals surface area contributed by atoms with E-state index >= 15 is 0 Å². The van der Waals surface area contributed by atoms with Crippen molar-refractivity contribution in [2.75, 3.05) is 19.6 Å². The number of fused-ring (bicyclic) bond motifs is 2. The molecule has 2 unspecified atom stereocenters. The van der Waals surface area contributed by atoms with Crippen LogP contribution in [0.15, 0.2) is 30.3 Å². The van der Waals surface area contributed by atoms with E-state index in [1.807, 2.05) is 56.0 Å². The van der Waals surface area contributed by atoms with Crippen LogP contribution in [0.5, 0.6) is 0 Å². The number of piperidine rings is 1. The first kappa shape index (κ1) is 19.7. The van der Waals surface area contributed by atoms with Crippen molar-refractivity contribution in [3.63, 3.8) is 0 Å². The Morgan fingerprint density at radius 2 is 1.74 bits per heavy atom. The minimum Gasteiger partial charge on any atom is -0.459 e. The molecule has 2 fully saturated rings. The molecule has 6 nitrogen and oxygen atoms in total. The summed E-state index contributed by atoms with van der Waals surface area (Å²) in [6.07, 6.45) is 1.89. The van der Waals surface area contributed by atoms with Gasteiger partial charge in [-0.25, -0.2) is 4.79 Å². The molecule has 1 aromatic carbocycles. The summed E-state index contributed by atoms with van der Waals surface area (Å²) >= 11 is 0. The quantitative estimate of drug-likeness (QED) is 0.803. The Morgan fingerprint density at radius 1 is 1.11 bits per heavy atom. The molecule has 1 aliphatic carbocycles. The molecule has 27 heavy (non-hydrogen) atoms. The summed E-state index contributed by atoms with van der Waals surface area (Å²) in [4.78, 5) is 26.2. The van der Waals surface area contributed by atoms with Gasteiger partial charge in [-0.1, -0.05) is 30.3 Å². The van der Waals surface area contributed by atoms with Crippen LogP contribution in [0.25, 0.3) is 0 Å². The SMILES string of the molecule is CC(C)(C)OC(=O)CNC1C2CCC1CN(C(=O)OCc1ccccc1)C2. The first-order valence-corrected chi connectivity index (χ1v) is 9.73. The number of likely N-dealkylation sites (tertiary alicyclic amines) is 1. The maximum Gasteiger partial charge on any atom is 0.410 e. The lowest BCUT2D eigenvalue weighted by Crippen LogP contribution is -2.53. The molecule has 2 bridgehead atoms. The molecule has 1 saturated carbocycles. The molecule has 1 saturated heterocycles. The summed E-state index contributed by atoms with van der Waals surface area (Å²) in [6, 6.07) is 9.97. The van der Waals surface area contributed by atoms with Gasteiger partial charge >= 0.3 is 12.1 Å². The van der Waals surface area contributed by atoms with E-state index in [9.17, 15) is 9.59 Å². The summed E-state index contributed by atoms with van der Waals surface area (Å²) in [6.45, 7) is 7.47. The van der Waals surface area contributed by atoms with E-state index < -0.39 is 5.60 Å². The van der Waals surface area contributed by atoms with Crippen LogP contribution in [-0.2, 0) is 20.9 Å². The zero-order valence-electron chi connectivity index (χ0n) is 16.4. The van der Waals surface area contributed by atoms with Gasteiger partial charge in [-0.2, -0.15) is 0 Å². The molecule has 6 heteroatoms. The molecule has 1 aromatic rings. The van der Waals surface area contributed by atoms with Crippen LogP contribution in [0, 0.1) is 11.8 Å². The van der Waals surface area contributed by atoms with E-state index in [4.69, 9.17) is 9.47 Å². The van der Waals surface area contributed by atoms with Gasteiger partial charge < -0.3 is 19.7 Å². The van der Waals surface area contributed by atoms with Crippen LogP contribution in [0.3, 0.4) is 0 Å². The smallest absolute Gasteiger partial charge is 0.410 e. The van der Waals surface area contributed by atoms with E-state index in [2.05, 4.69) is 5.32 Å². The number of hydrogen-bond acceptors (Lipinski definition) is 5. The maximum absolute atomic E-state index is 12.4. The Balaban J connectivity index is 1.46. The molecule has 3 rings (SSSR count). The van der Waals surface area contributed by atoms with Crippen LogP contribution in [0.1, 0.15) is 39.2 Å². The number of carbonyl (C=O) groups is 2. The normalized spacial score (nSPS) is 24.6. The predicted molar refractivity (Wildman–Crippen MR) is 102 cm³/mol. The topological polar surface area (TPSA) is 67.9 Å². The second-order valence-corrected chi connectivity index (χ2v) is 8.54. The van der Waals surface area contributed by atoms with Crippen LogP contribution in [-0.4, -0.2) is 48.2 Å². The number of nitrogens with one attached hydrogen (secondary N) is 1. The third-order valence-corrected chi connectivity index (χ3v) is 5.20. The van der Waals surface area contributed by atoms with E-state index in [1.165, 1.54) is 0 Å². The average molecular weight is 374 g/mol. The van der Waals surface area contributed by atoms with Crippen molar-refractivity contribution < 1.29 is 19.1 Å².